The quantitative estimate of drug-likeness (QED) is 0.714. The summed E-state index contributed by atoms with van der Waals surface area (Å²) in [7, 11) is 6.92. The highest BCUT2D eigenvalue weighted by Crippen LogP contribution is 2.22. The van der Waals surface area contributed by atoms with Crippen LogP contribution < -0.4 is 5.32 Å². The monoisotopic (exact) mass is 478 g/mol. The molecule has 1 amide bonds. The number of aryl methyl sites for hydroxylation is 2. The zero-order valence-corrected chi connectivity index (χ0v) is 19.9. The normalized spacial score (nSPS) is 10.5. The lowest BCUT2D eigenvalue weighted by atomic mass is 10.2. The number of nitrogens with one attached hydrogen (secondary N) is 1. The first kappa shape index (κ1) is 25.1. The number of carbonyl (C=O) groups excluding carboxylic acids is 1. The third kappa shape index (κ3) is 7.17. The molecule has 1 N–H and O–H groups in total. The van der Waals surface area contributed by atoms with E-state index in [9.17, 15) is 4.79 Å². The van der Waals surface area contributed by atoms with Gasteiger partial charge in [-0.2, -0.15) is 20.7 Å². The second-order valence-corrected chi connectivity index (χ2v) is 8.26. The first-order valence-corrected chi connectivity index (χ1v) is 9.86. The van der Waals surface area contributed by atoms with E-state index < -0.39 is 11.7 Å². The van der Waals surface area contributed by atoms with Crippen molar-refractivity contribution in [3.63, 3.8) is 0 Å². The first-order valence-electron chi connectivity index (χ1n) is 9.06. The highest BCUT2D eigenvalue weighted by Gasteiger charge is 2.22. The number of ether oxygens (including phenoxy) is 1. The van der Waals surface area contributed by atoms with Crippen molar-refractivity contribution >= 4 is 22.0 Å². The van der Waals surface area contributed by atoms with Crippen LogP contribution in [-0.4, -0.2) is 50.3 Å². The van der Waals surface area contributed by atoms with Crippen LogP contribution in [0.3, 0.4) is 0 Å². The van der Waals surface area contributed by atoms with Gasteiger partial charge in [0.1, 0.15) is 23.4 Å². The molecule has 0 aliphatic heterocycles. The Labute approximate surface area is 185 Å². The molecule has 162 valence electrons. The molecule has 30 heavy (non-hydrogen) atoms. The first-order chi connectivity index (χ1) is 13.9. The van der Waals surface area contributed by atoms with Crippen LogP contribution >= 0.6 is 15.9 Å². The summed E-state index contributed by atoms with van der Waals surface area (Å²) in [6.45, 7) is 6.40. The molecule has 0 atom stereocenters. The second-order valence-electron chi connectivity index (χ2n) is 7.47. The topological polar surface area (TPSA) is 125 Å². The van der Waals surface area contributed by atoms with Gasteiger partial charge in [0.05, 0.1) is 22.4 Å². The summed E-state index contributed by atoms with van der Waals surface area (Å²) in [6, 6.07) is 5.86. The Morgan fingerprint density at radius 1 is 1.27 bits per heavy atom. The van der Waals surface area contributed by atoms with E-state index in [1.165, 1.54) is 9.58 Å². The molecular formula is C19H27BrN8O2. The number of halogens is 1. The van der Waals surface area contributed by atoms with E-state index >= 15 is 0 Å². The van der Waals surface area contributed by atoms with Crippen molar-refractivity contribution in [3.8, 4) is 12.1 Å². The van der Waals surface area contributed by atoms with E-state index in [1.807, 2.05) is 40.0 Å². The van der Waals surface area contributed by atoms with Gasteiger partial charge in [0.25, 0.3) is 0 Å². The Kier molecular flexibility index (Phi) is 9.02. The Hall–Kier alpha value is -2.89. The highest BCUT2D eigenvalue weighted by atomic mass is 79.9. The van der Waals surface area contributed by atoms with Gasteiger partial charge in [-0.3, -0.25) is 9.36 Å². The molecule has 2 heterocycles. The average molecular weight is 479 g/mol. The lowest BCUT2D eigenvalue weighted by Crippen LogP contribution is -2.34. The van der Waals surface area contributed by atoms with Gasteiger partial charge < -0.3 is 15.0 Å². The van der Waals surface area contributed by atoms with E-state index in [1.54, 1.807) is 31.9 Å². The molecule has 0 aliphatic rings. The highest BCUT2D eigenvalue weighted by molar-refractivity contribution is 9.10. The van der Waals surface area contributed by atoms with Crippen molar-refractivity contribution in [2.45, 2.75) is 39.5 Å². The number of nitriles is 2. The maximum absolute atomic E-state index is 11.8. The fraction of sp³-hybridized carbons (Fsp3) is 0.526. The molecule has 0 spiro atoms. The number of carbonyl (C=O) groups is 1. The van der Waals surface area contributed by atoms with Crippen LogP contribution in [0, 0.1) is 22.7 Å². The van der Waals surface area contributed by atoms with Crippen LogP contribution in [0.15, 0.2) is 10.5 Å². The van der Waals surface area contributed by atoms with Crippen LogP contribution in [0.2, 0.25) is 0 Å². The molecule has 0 saturated carbocycles. The fourth-order valence-electron chi connectivity index (χ4n) is 2.30. The average Bonchev–Trinajstić information content (AvgIpc) is 3.12. The maximum Gasteiger partial charge on any atom is 0.410 e. The molecule has 0 saturated heterocycles. The Morgan fingerprint density at radius 3 is 2.33 bits per heavy atom. The molecule has 0 aromatic carbocycles. The summed E-state index contributed by atoms with van der Waals surface area (Å²) in [6.07, 6.45) is -0.427. The summed E-state index contributed by atoms with van der Waals surface area (Å²) < 4.78 is 8.90. The van der Waals surface area contributed by atoms with Crippen LogP contribution in [0.1, 0.15) is 43.5 Å². The number of amides is 1. The number of rotatable bonds is 4. The minimum Gasteiger partial charge on any atom is -0.444 e. The van der Waals surface area contributed by atoms with Gasteiger partial charge in [0.2, 0.25) is 0 Å². The molecule has 2 aromatic rings. The minimum atomic E-state index is -0.537. The molecule has 2 aromatic heterocycles. The van der Waals surface area contributed by atoms with Crippen molar-refractivity contribution in [3.05, 3.63) is 33.3 Å². The molecule has 0 fully saturated rings. The fourth-order valence-corrected chi connectivity index (χ4v) is 2.85. The van der Waals surface area contributed by atoms with Gasteiger partial charge in [-0.1, -0.05) is 0 Å². The zero-order chi connectivity index (χ0) is 23.1. The molecule has 10 nitrogen and oxygen atoms in total. The van der Waals surface area contributed by atoms with Crippen LogP contribution in [0.4, 0.5) is 4.79 Å². The number of hydrogen-bond donors (Lipinski definition) is 1. The van der Waals surface area contributed by atoms with Crippen molar-refractivity contribution in [1.29, 1.82) is 10.5 Å². The van der Waals surface area contributed by atoms with Crippen LogP contribution in [-0.2, 0) is 31.9 Å². The van der Waals surface area contributed by atoms with Gasteiger partial charge in [-0.15, -0.1) is 0 Å². The summed E-state index contributed by atoms with van der Waals surface area (Å²) >= 11 is 3.32. The summed E-state index contributed by atoms with van der Waals surface area (Å²) in [5.41, 5.74) is 1.99. The van der Waals surface area contributed by atoms with E-state index in [0.717, 1.165) is 5.69 Å². The van der Waals surface area contributed by atoms with Crippen LogP contribution in [0.25, 0.3) is 0 Å². The molecule has 11 heteroatoms. The standard InChI is InChI=1S/C12H17BrN4O2.C7H10N4/c1-12(2,3)19-11(18)16(4)7-8-10(13)9(6-14)17(5)15-8;1-9-5-6-3-7(4-8)11(2)10-6/h7H2,1-5H3;3,9H,5H2,1-2H3. The second kappa shape index (κ2) is 10.8. The molecule has 0 bridgehead atoms. The van der Waals surface area contributed by atoms with E-state index in [0.29, 0.717) is 28.1 Å². The van der Waals surface area contributed by atoms with Gasteiger partial charge in [0, 0.05) is 27.7 Å². The summed E-state index contributed by atoms with van der Waals surface area (Å²) in [4.78, 5) is 13.2. The third-order valence-corrected chi connectivity index (χ3v) is 4.49. The largest absolute Gasteiger partial charge is 0.444 e. The van der Waals surface area contributed by atoms with Gasteiger partial charge >= 0.3 is 6.09 Å². The smallest absolute Gasteiger partial charge is 0.410 e. The third-order valence-electron chi connectivity index (χ3n) is 3.66. The summed E-state index contributed by atoms with van der Waals surface area (Å²) in [5.74, 6) is 0. The lowest BCUT2D eigenvalue weighted by Gasteiger charge is -2.24. The number of nitrogens with zero attached hydrogens (tertiary/aromatic N) is 7. The minimum absolute atomic E-state index is 0.269. The predicted molar refractivity (Wildman–Crippen MR) is 114 cm³/mol. The predicted octanol–water partition coefficient (Wildman–Crippen LogP) is 2.43. The Balaban J connectivity index is 0.000000346. The van der Waals surface area contributed by atoms with E-state index in [-0.39, 0.29) is 6.54 Å². The SMILES string of the molecule is CN(Cc1nn(C)c(C#N)c1Br)C(=O)OC(C)(C)C.CNCc1cc(C#N)n(C)n1. The lowest BCUT2D eigenvalue weighted by molar-refractivity contribution is 0.0282. The van der Waals surface area contributed by atoms with Crippen molar-refractivity contribution in [2.75, 3.05) is 14.1 Å². The zero-order valence-electron chi connectivity index (χ0n) is 18.3. The Morgan fingerprint density at radius 2 is 1.90 bits per heavy atom. The van der Waals surface area contributed by atoms with E-state index in [2.05, 4.69) is 31.4 Å². The van der Waals surface area contributed by atoms with Crippen molar-refractivity contribution in [1.82, 2.24) is 29.8 Å². The molecule has 0 aliphatic carbocycles. The van der Waals surface area contributed by atoms with Gasteiger partial charge in [0.15, 0.2) is 5.69 Å². The number of hydrogen-bond acceptors (Lipinski definition) is 7. The molecule has 2 rings (SSSR count). The maximum atomic E-state index is 11.8. The van der Waals surface area contributed by atoms with E-state index in [4.69, 9.17) is 15.3 Å². The van der Waals surface area contributed by atoms with Crippen molar-refractivity contribution < 1.29 is 9.53 Å². The Bertz CT molecular complexity index is 959. The van der Waals surface area contributed by atoms with Gasteiger partial charge in [-0.05, 0) is 49.8 Å². The van der Waals surface area contributed by atoms with Gasteiger partial charge in [-0.25, -0.2) is 4.79 Å². The summed E-state index contributed by atoms with van der Waals surface area (Å²) in [5, 5.41) is 28.8. The molecule has 0 unspecified atom stereocenters. The number of aromatic nitrogens is 4. The van der Waals surface area contributed by atoms with Crippen molar-refractivity contribution in [2.24, 2.45) is 14.1 Å². The van der Waals surface area contributed by atoms with Crippen LogP contribution in [0.5, 0.6) is 0 Å². The molecular weight excluding hydrogens is 452 g/mol. The molecule has 0 radical (unpaired) electrons.